The number of rotatable bonds is 8. The van der Waals surface area contributed by atoms with Gasteiger partial charge in [0.2, 0.25) is 0 Å². The van der Waals surface area contributed by atoms with E-state index in [1.807, 2.05) is 18.2 Å². The molecular weight excluding hydrogens is 479 g/mol. The third-order valence-corrected chi connectivity index (χ3v) is 4.95. The molecule has 0 aliphatic carbocycles. The maximum absolute atomic E-state index is 5.28. The minimum Gasteiger partial charge on any atom is -0.497 e. The van der Waals surface area contributed by atoms with E-state index in [1.54, 1.807) is 7.11 Å². The number of aromatic nitrogens is 3. The largest absolute Gasteiger partial charge is 0.497 e. The highest BCUT2D eigenvalue weighted by atomic mass is 127. The topological polar surface area (TPSA) is 76.4 Å². The summed E-state index contributed by atoms with van der Waals surface area (Å²) >= 11 is 0. The molecule has 1 aliphatic rings. The molecule has 0 radical (unpaired) electrons. The fraction of sp³-hybridized carbons (Fsp3) is 0.571. The van der Waals surface area contributed by atoms with Gasteiger partial charge in [0.1, 0.15) is 17.4 Å². The second-order valence-corrected chi connectivity index (χ2v) is 7.07. The van der Waals surface area contributed by atoms with E-state index in [4.69, 9.17) is 4.74 Å². The Morgan fingerprint density at radius 3 is 2.93 bits per heavy atom. The molecule has 2 aromatic rings. The van der Waals surface area contributed by atoms with Crippen LogP contribution in [0, 0.1) is 0 Å². The maximum atomic E-state index is 5.28. The predicted molar refractivity (Wildman–Crippen MR) is 127 cm³/mol. The Bertz CT molecular complexity index is 776. The van der Waals surface area contributed by atoms with Gasteiger partial charge in [0.05, 0.1) is 13.7 Å². The summed E-state index contributed by atoms with van der Waals surface area (Å²) < 4.78 is 7.61. The summed E-state index contributed by atoms with van der Waals surface area (Å²) in [4.78, 5) is 4.68. The number of fused-ring (bicyclic) bond motifs is 1. The van der Waals surface area contributed by atoms with Crippen LogP contribution in [0.5, 0.6) is 5.75 Å². The fourth-order valence-electron chi connectivity index (χ4n) is 3.47. The lowest BCUT2D eigenvalue weighted by atomic mass is 10.2. The standard InChI is InChI=1S/C21H32N6O.HI/c1-3-22-21(24-16-17-9-7-10-18(15-17)28-2)23-13-8-12-20-26-25-19-11-5-4-6-14-27(19)20;/h7,9-10,15H,3-6,8,11-14,16H2,1-2H3,(H2,22,23,24);1H. The predicted octanol–water partition coefficient (Wildman–Crippen LogP) is 3.32. The number of aliphatic imine (C=N–C) groups is 1. The maximum Gasteiger partial charge on any atom is 0.191 e. The van der Waals surface area contributed by atoms with Crippen molar-refractivity contribution in [2.45, 2.75) is 58.5 Å². The van der Waals surface area contributed by atoms with E-state index in [0.29, 0.717) is 6.54 Å². The van der Waals surface area contributed by atoms with Gasteiger partial charge in [-0.1, -0.05) is 18.6 Å². The highest BCUT2D eigenvalue weighted by Gasteiger charge is 2.14. The van der Waals surface area contributed by atoms with Gasteiger partial charge in [0.25, 0.3) is 0 Å². The number of ether oxygens (including phenoxy) is 1. The molecule has 2 heterocycles. The van der Waals surface area contributed by atoms with Gasteiger partial charge in [-0.25, -0.2) is 4.99 Å². The molecule has 0 amide bonds. The molecule has 7 nitrogen and oxygen atoms in total. The van der Waals surface area contributed by atoms with E-state index < -0.39 is 0 Å². The molecule has 1 aromatic heterocycles. The van der Waals surface area contributed by atoms with E-state index in [1.165, 1.54) is 19.3 Å². The van der Waals surface area contributed by atoms with Crippen molar-refractivity contribution in [2.75, 3.05) is 20.2 Å². The van der Waals surface area contributed by atoms with Crippen LogP contribution in [0.25, 0.3) is 0 Å². The van der Waals surface area contributed by atoms with Crippen LogP contribution in [0.3, 0.4) is 0 Å². The minimum atomic E-state index is 0. The van der Waals surface area contributed by atoms with Crippen LogP contribution >= 0.6 is 24.0 Å². The molecular formula is C21H33IN6O. The zero-order valence-electron chi connectivity index (χ0n) is 17.5. The molecule has 1 aromatic carbocycles. The van der Waals surface area contributed by atoms with Crippen molar-refractivity contribution in [3.8, 4) is 5.75 Å². The van der Waals surface area contributed by atoms with Crippen molar-refractivity contribution in [2.24, 2.45) is 4.99 Å². The van der Waals surface area contributed by atoms with Crippen LogP contribution in [0.1, 0.15) is 49.8 Å². The van der Waals surface area contributed by atoms with E-state index >= 15 is 0 Å². The molecule has 0 saturated heterocycles. The molecule has 0 bridgehead atoms. The Balaban J connectivity index is 0.00000300. The number of aryl methyl sites for hydroxylation is 2. The first-order valence-corrected chi connectivity index (χ1v) is 10.4. The van der Waals surface area contributed by atoms with Crippen LogP contribution < -0.4 is 15.4 Å². The first-order valence-electron chi connectivity index (χ1n) is 10.4. The average molecular weight is 512 g/mol. The van der Waals surface area contributed by atoms with E-state index in [-0.39, 0.29) is 24.0 Å². The minimum absolute atomic E-state index is 0. The second kappa shape index (κ2) is 12.7. The van der Waals surface area contributed by atoms with Gasteiger partial charge in [-0.05, 0) is 43.9 Å². The smallest absolute Gasteiger partial charge is 0.191 e. The number of methoxy groups -OCH3 is 1. The number of guanidine groups is 1. The second-order valence-electron chi connectivity index (χ2n) is 7.07. The average Bonchev–Trinajstić information content (AvgIpc) is 2.95. The summed E-state index contributed by atoms with van der Waals surface area (Å²) in [7, 11) is 1.68. The van der Waals surface area contributed by atoms with E-state index in [0.717, 1.165) is 67.8 Å². The quantitative estimate of drug-likeness (QED) is 0.246. The number of hydrogen-bond acceptors (Lipinski definition) is 4. The van der Waals surface area contributed by atoms with Crippen molar-refractivity contribution < 1.29 is 4.74 Å². The van der Waals surface area contributed by atoms with Crippen LogP contribution in [0.2, 0.25) is 0 Å². The molecule has 0 spiro atoms. The SMILES string of the molecule is CCNC(=NCc1cccc(OC)c1)NCCCc1nnc2n1CCCCC2.I. The number of benzene rings is 1. The zero-order chi connectivity index (χ0) is 19.6. The van der Waals surface area contributed by atoms with Gasteiger partial charge in [0, 0.05) is 32.5 Å². The molecule has 29 heavy (non-hydrogen) atoms. The lowest BCUT2D eigenvalue weighted by Crippen LogP contribution is -2.37. The summed E-state index contributed by atoms with van der Waals surface area (Å²) in [5.41, 5.74) is 1.13. The molecule has 0 fully saturated rings. The van der Waals surface area contributed by atoms with Crippen LogP contribution in [-0.4, -0.2) is 40.9 Å². The highest BCUT2D eigenvalue weighted by Crippen LogP contribution is 2.15. The summed E-state index contributed by atoms with van der Waals surface area (Å²) in [5.74, 6) is 3.98. The van der Waals surface area contributed by atoms with Crippen LogP contribution in [-0.2, 0) is 25.9 Å². The Morgan fingerprint density at radius 2 is 2.10 bits per heavy atom. The highest BCUT2D eigenvalue weighted by molar-refractivity contribution is 14.0. The molecule has 0 unspecified atom stereocenters. The monoisotopic (exact) mass is 512 g/mol. The van der Waals surface area contributed by atoms with Crippen molar-refractivity contribution in [1.29, 1.82) is 0 Å². The van der Waals surface area contributed by atoms with Crippen molar-refractivity contribution >= 4 is 29.9 Å². The zero-order valence-corrected chi connectivity index (χ0v) is 19.8. The third kappa shape index (κ3) is 7.17. The number of hydrogen-bond donors (Lipinski definition) is 2. The molecule has 160 valence electrons. The van der Waals surface area contributed by atoms with E-state index in [9.17, 15) is 0 Å². The van der Waals surface area contributed by atoms with Gasteiger partial charge in [-0.3, -0.25) is 0 Å². The summed E-state index contributed by atoms with van der Waals surface area (Å²) in [6.45, 7) is 5.45. The van der Waals surface area contributed by atoms with Crippen molar-refractivity contribution in [1.82, 2.24) is 25.4 Å². The fourth-order valence-corrected chi connectivity index (χ4v) is 3.47. The first kappa shape index (κ1) is 23.4. The summed E-state index contributed by atoms with van der Waals surface area (Å²) in [5, 5.41) is 15.5. The lowest BCUT2D eigenvalue weighted by Gasteiger charge is -2.12. The molecule has 0 atom stereocenters. The Labute approximate surface area is 190 Å². The summed E-state index contributed by atoms with van der Waals surface area (Å²) in [6, 6.07) is 8.02. The normalized spacial score (nSPS) is 13.8. The number of halogens is 1. The van der Waals surface area contributed by atoms with Gasteiger partial charge in [0.15, 0.2) is 5.96 Å². The molecule has 3 rings (SSSR count). The molecule has 8 heteroatoms. The third-order valence-electron chi connectivity index (χ3n) is 4.95. The van der Waals surface area contributed by atoms with Gasteiger partial charge < -0.3 is 19.9 Å². The van der Waals surface area contributed by atoms with Gasteiger partial charge in [-0.15, -0.1) is 34.2 Å². The molecule has 0 saturated carbocycles. The first-order chi connectivity index (χ1) is 13.8. The van der Waals surface area contributed by atoms with Crippen LogP contribution in [0.15, 0.2) is 29.3 Å². The lowest BCUT2D eigenvalue weighted by molar-refractivity contribution is 0.414. The Hall–Kier alpha value is -1.84. The summed E-state index contributed by atoms with van der Waals surface area (Å²) in [6.07, 6.45) is 6.76. The van der Waals surface area contributed by atoms with E-state index in [2.05, 4.69) is 43.4 Å². The molecule has 2 N–H and O–H groups in total. The van der Waals surface area contributed by atoms with Crippen LogP contribution in [0.4, 0.5) is 0 Å². The van der Waals surface area contributed by atoms with Gasteiger partial charge in [-0.2, -0.15) is 0 Å². The Kier molecular flexibility index (Phi) is 10.2. The number of nitrogens with one attached hydrogen (secondary N) is 2. The molecule has 1 aliphatic heterocycles. The number of nitrogens with zero attached hydrogens (tertiary/aromatic N) is 4. The Morgan fingerprint density at radius 1 is 1.21 bits per heavy atom. The van der Waals surface area contributed by atoms with Crippen molar-refractivity contribution in [3.05, 3.63) is 41.5 Å². The van der Waals surface area contributed by atoms with Gasteiger partial charge >= 0.3 is 0 Å². The van der Waals surface area contributed by atoms with Crippen molar-refractivity contribution in [3.63, 3.8) is 0 Å².